The zero-order chi connectivity index (χ0) is 59.6. The lowest BCUT2D eigenvalue weighted by Gasteiger charge is -2.36. The Bertz CT molecular complexity index is 3330. The van der Waals surface area contributed by atoms with Gasteiger partial charge in [0.25, 0.3) is 5.91 Å². The lowest BCUT2D eigenvalue weighted by molar-refractivity contribution is -0.133. The molecular formula is C54H58N9O17PS. The van der Waals surface area contributed by atoms with Gasteiger partial charge < -0.3 is 78.0 Å². The van der Waals surface area contributed by atoms with E-state index in [0.717, 1.165) is 0 Å². The van der Waals surface area contributed by atoms with Crippen LogP contribution in [-0.2, 0) is 56.6 Å². The van der Waals surface area contributed by atoms with Gasteiger partial charge >= 0.3 is 13.8 Å². The summed E-state index contributed by atoms with van der Waals surface area (Å²) >= 11 is 5.60. The van der Waals surface area contributed by atoms with Crippen molar-refractivity contribution in [1.82, 2.24) is 31.9 Å². The summed E-state index contributed by atoms with van der Waals surface area (Å²) in [6.45, 7) is 2.02. The molecule has 0 aliphatic carbocycles. The molecule has 0 aromatic heterocycles. The number of thiocarbonyl (C=S) groups is 1. The van der Waals surface area contributed by atoms with Crippen molar-refractivity contribution in [2.75, 3.05) is 18.5 Å². The fourth-order valence-electron chi connectivity index (χ4n) is 9.02. The van der Waals surface area contributed by atoms with Gasteiger partial charge in [-0.25, -0.2) is 9.36 Å². The van der Waals surface area contributed by atoms with Gasteiger partial charge in [-0.3, -0.25) is 43.3 Å². The number of rotatable bonds is 24. The monoisotopic (exact) mass is 1170 g/mol. The minimum Gasteiger partial charge on any atom is -0.508 e. The molecule has 7 amide bonds. The first-order valence-corrected chi connectivity index (χ1v) is 27.1. The molecule has 2 aliphatic heterocycles. The SMILES string of the molecule is CC(C)C[C@H](NC(=O)CNC(=O)[C@H](CCC(N)=O)NC(=O)[C@H](Cc1ccc(OP(=O)(O)O)cc1)NC(=O)c1cccc(CNC(=S)Nc2ccc3c(c2)C(=O)OC32c3ccc(O)cc3Oc3cc(O)ccc32)c1)C(=O)N[C@@H](CO)C(N)=O. The van der Waals surface area contributed by atoms with Gasteiger partial charge in [-0.05, 0) is 103 Å². The number of amides is 7. The average Bonchev–Trinajstić information content (AvgIpc) is 3.32. The van der Waals surface area contributed by atoms with Crippen molar-refractivity contribution in [2.24, 2.45) is 17.4 Å². The van der Waals surface area contributed by atoms with E-state index in [1.807, 2.05) is 0 Å². The highest BCUT2D eigenvalue weighted by atomic mass is 32.1. The van der Waals surface area contributed by atoms with E-state index in [1.54, 1.807) is 56.3 Å². The highest BCUT2D eigenvalue weighted by Gasteiger charge is 2.54. The van der Waals surface area contributed by atoms with Crippen molar-refractivity contribution in [3.63, 3.8) is 0 Å². The van der Waals surface area contributed by atoms with E-state index in [9.17, 15) is 68.0 Å². The van der Waals surface area contributed by atoms with Crippen LogP contribution in [-0.4, -0.2) is 115 Å². The zero-order valence-corrected chi connectivity index (χ0v) is 45.5. The van der Waals surface area contributed by atoms with Crippen LogP contribution in [0.1, 0.15) is 81.6 Å². The van der Waals surface area contributed by atoms with Gasteiger partial charge in [-0.15, -0.1) is 0 Å². The number of phenolic OH excluding ortho intramolecular Hbond substituents is 2. The van der Waals surface area contributed by atoms with Gasteiger partial charge in [0.15, 0.2) is 10.7 Å². The molecule has 5 aromatic carbocycles. The summed E-state index contributed by atoms with van der Waals surface area (Å²) in [5, 5.41) is 48.4. The largest absolute Gasteiger partial charge is 0.524 e. The molecule has 0 saturated carbocycles. The number of esters is 1. The van der Waals surface area contributed by atoms with Gasteiger partial charge in [0, 0.05) is 59.5 Å². The predicted molar refractivity (Wildman–Crippen MR) is 295 cm³/mol. The maximum atomic E-state index is 14.2. The van der Waals surface area contributed by atoms with Crippen LogP contribution in [0, 0.1) is 5.92 Å². The number of carbonyl (C=O) groups excluding carboxylic acids is 8. The minimum absolute atomic E-state index is 0.0585. The average molecular weight is 1170 g/mol. The first-order valence-electron chi connectivity index (χ1n) is 25.2. The number of nitrogens with two attached hydrogens (primary N) is 2. The summed E-state index contributed by atoms with van der Waals surface area (Å²) < 4.78 is 28.3. The fraction of sp³-hybridized carbons (Fsp3) is 0.278. The van der Waals surface area contributed by atoms with Crippen LogP contribution in [0.4, 0.5) is 5.69 Å². The Morgan fingerprint density at radius 3 is 1.96 bits per heavy atom. The second-order valence-corrected chi connectivity index (χ2v) is 21.0. The van der Waals surface area contributed by atoms with Crippen LogP contribution in [0.5, 0.6) is 28.7 Å². The number of carbonyl (C=O) groups is 8. The van der Waals surface area contributed by atoms with Crippen molar-refractivity contribution in [3.05, 3.63) is 142 Å². The lowest BCUT2D eigenvalue weighted by atomic mass is 9.77. The summed E-state index contributed by atoms with van der Waals surface area (Å²) in [6.07, 6.45) is -0.996. The molecule has 432 valence electrons. The van der Waals surface area contributed by atoms with Crippen molar-refractivity contribution in [3.8, 4) is 28.7 Å². The number of benzene rings is 5. The van der Waals surface area contributed by atoms with Crippen LogP contribution in [0.25, 0.3) is 0 Å². The van der Waals surface area contributed by atoms with Crippen LogP contribution in [0.3, 0.4) is 0 Å². The highest BCUT2D eigenvalue weighted by Crippen LogP contribution is 2.57. The summed E-state index contributed by atoms with van der Waals surface area (Å²) in [5.41, 5.74) is 12.0. The number of hydrogen-bond acceptors (Lipinski definition) is 16. The normalized spacial score (nSPS) is 14.1. The maximum absolute atomic E-state index is 14.2. The smallest absolute Gasteiger partial charge is 0.508 e. The van der Waals surface area contributed by atoms with Gasteiger partial charge in [-0.1, -0.05) is 44.2 Å². The van der Waals surface area contributed by atoms with Crippen LogP contribution < -0.4 is 57.9 Å². The summed E-state index contributed by atoms with van der Waals surface area (Å²) in [6, 6.07) is 19.5. The van der Waals surface area contributed by atoms with Crippen LogP contribution in [0.15, 0.2) is 103 Å². The molecule has 0 unspecified atom stereocenters. The van der Waals surface area contributed by atoms with Crippen molar-refractivity contribution >= 4 is 78.2 Å². The summed E-state index contributed by atoms with van der Waals surface area (Å²) in [7, 11) is -4.94. The first kappa shape index (κ1) is 60.5. The third-order valence-electron chi connectivity index (χ3n) is 12.8. The van der Waals surface area contributed by atoms with Gasteiger partial charge in [0.2, 0.25) is 35.4 Å². The lowest BCUT2D eigenvalue weighted by Crippen LogP contribution is -2.57. The van der Waals surface area contributed by atoms with Crippen LogP contribution >= 0.6 is 20.0 Å². The Morgan fingerprint density at radius 1 is 0.720 bits per heavy atom. The minimum atomic E-state index is -4.94. The number of hydrogen-bond donors (Lipinski definition) is 14. The van der Waals surface area contributed by atoms with E-state index < -0.39 is 104 Å². The van der Waals surface area contributed by atoms with E-state index in [4.69, 9.17) is 33.2 Å². The summed E-state index contributed by atoms with van der Waals surface area (Å²) in [5.74, 6) is -7.05. The Kier molecular flexibility index (Phi) is 19.2. The Morgan fingerprint density at radius 2 is 1.35 bits per heavy atom. The molecule has 0 fully saturated rings. The third kappa shape index (κ3) is 15.2. The molecule has 26 nitrogen and oxygen atoms in total. The number of phosphoric ester groups is 1. The van der Waals surface area contributed by atoms with Gasteiger partial charge in [0.05, 0.1) is 18.7 Å². The molecule has 1 spiro atoms. The fourth-order valence-corrected chi connectivity index (χ4v) is 9.61. The molecule has 4 atom stereocenters. The number of phenols is 2. The Hall–Kier alpha value is -9.14. The van der Waals surface area contributed by atoms with E-state index >= 15 is 0 Å². The predicted octanol–water partition coefficient (Wildman–Crippen LogP) is 1.32. The number of phosphoric acid groups is 1. The molecule has 2 heterocycles. The molecule has 2 aliphatic rings. The number of fused-ring (bicyclic) bond motifs is 6. The molecular weight excluding hydrogens is 1110 g/mol. The van der Waals surface area contributed by atoms with E-state index in [1.165, 1.54) is 60.7 Å². The topological polar surface area (TPSA) is 419 Å². The third-order valence-corrected chi connectivity index (χ3v) is 13.5. The molecule has 0 bridgehead atoms. The molecule has 16 N–H and O–H groups in total. The number of aliphatic hydroxyl groups is 1. The van der Waals surface area contributed by atoms with E-state index in [2.05, 4.69) is 41.7 Å². The second-order valence-electron chi connectivity index (χ2n) is 19.4. The van der Waals surface area contributed by atoms with E-state index in [-0.39, 0.29) is 76.7 Å². The van der Waals surface area contributed by atoms with Crippen LogP contribution in [0.2, 0.25) is 0 Å². The quantitative estimate of drug-likeness (QED) is 0.0235. The van der Waals surface area contributed by atoms with E-state index in [0.29, 0.717) is 33.5 Å². The number of anilines is 1. The highest BCUT2D eigenvalue weighted by molar-refractivity contribution is 7.80. The molecule has 28 heteroatoms. The molecule has 82 heavy (non-hydrogen) atoms. The number of ether oxygens (including phenoxy) is 2. The number of aliphatic hydroxyl groups excluding tert-OH is 1. The summed E-state index contributed by atoms with van der Waals surface area (Å²) in [4.78, 5) is 124. The van der Waals surface area contributed by atoms with Gasteiger partial charge in [0.1, 0.15) is 52.9 Å². The van der Waals surface area contributed by atoms with Crippen molar-refractivity contribution in [2.45, 2.75) is 75.8 Å². The Balaban J connectivity index is 1.03. The molecule has 0 saturated heterocycles. The number of nitrogens with one attached hydrogen (secondary N) is 7. The first-order chi connectivity index (χ1) is 38.8. The standard InChI is InChI=1S/C54H58N9O17PS/c1-27(2)18-40(50(72)63-42(26-64)47(56)69)60-46(68)25-57-49(71)39(16-17-45(55)67)61-51(73)41(20-28-6-11-34(12-7-28)80-81(75,76)77)62-48(70)30-5-3-4-29(19-30)24-58-53(82)59-31-8-13-36-35(21-31)52(74)79-54(36)37-14-9-32(65)22-43(37)78-44-23-33(66)10-15-38(44)54/h3-15,19,21-23,27,39-42,64-66H,16-18,20,24-26H2,1-2H3,(H2,55,67)(H2,56,69)(H,57,71)(H,60,68)(H,61,73)(H,62,70)(H,63,72)(H2,58,59,82)(H2,75,76,77)/t39-,40-,41-,42-/m0/s1. The van der Waals surface area contributed by atoms with Crippen molar-refractivity contribution < 1.29 is 82.0 Å². The van der Waals surface area contributed by atoms with Crippen molar-refractivity contribution in [1.29, 1.82) is 0 Å². The second kappa shape index (κ2) is 26.0. The zero-order valence-electron chi connectivity index (χ0n) is 43.8. The molecule has 0 radical (unpaired) electrons. The molecule has 7 rings (SSSR count). The number of aromatic hydroxyl groups is 2. The molecule has 5 aromatic rings. The number of primary amides is 2. The maximum Gasteiger partial charge on any atom is 0.524 e. The van der Waals surface area contributed by atoms with Gasteiger partial charge in [-0.2, -0.15) is 0 Å². The Labute approximate surface area is 472 Å².